The molecule has 0 radical (unpaired) electrons. The quantitative estimate of drug-likeness (QED) is 0.142. The first-order valence-electron chi connectivity index (χ1n) is 10.1. The molecule has 5 atom stereocenters. The van der Waals surface area contributed by atoms with Crippen LogP contribution in [0.15, 0.2) is 29.2 Å². The van der Waals surface area contributed by atoms with Gasteiger partial charge < -0.3 is 31.3 Å². The van der Waals surface area contributed by atoms with Gasteiger partial charge in [0.25, 0.3) is 0 Å². The molecule has 0 aromatic heterocycles. The Labute approximate surface area is 193 Å². The van der Waals surface area contributed by atoms with Crippen molar-refractivity contribution in [1.29, 1.82) is 0 Å². The Kier molecular flexibility index (Phi) is 4.96. The SMILES string of the molecule is CN(C)[C@@H]1C(=O)/C(=C(\N)O)C(=O)C2(O)C(=O)C3=C(O)c4c(O)ccc(Cl)c4C(C)(O)[C@H]3C[C@@H]12. The number of nitrogens with zero attached hydrogens (tertiary/aromatic N) is 1. The van der Waals surface area contributed by atoms with Crippen molar-refractivity contribution in [2.24, 2.45) is 17.6 Å². The fourth-order valence-electron chi connectivity index (χ4n) is 5.57. The fourth-order valence-corrected chi connectivity index (χ4v) is 5.91. The Bertz CT molecular complexity index is 1200. The van der Waals surface area contributed by atoms with Crippen LogP contribution in [0.2, 0.25) is 5.02 Å². The number of hydrogen-bond acceptors (Lipinski definition) is 10. The molecule has 11 heteroatoms. The second kappa shape index (κ2) is 7.04. The van der Waals surface area contributed by atoms with Crippen molar-refractivity contribution in [3.63, 3.8) is 0 Å². The molecule has 1 aromatic rings. The summed E-state index contributed by atoms with van der Waals surface area (Å²) < 4.78 is 0. The highest BCUT2D eigenvalue weighted by molar-refractivity contribution is 6.36. The summed E-state index contributed by atoms with van der Waals surface area (Å²) in [6.07, 6.45) is -0.279. The first kappa shape index (κ1) is 23.2. The first-order chi connectivity index (χ1) is 15.2. The fraction of sp³-hybridized carbons (Fsp3) is 0.409. The summed E-state index contributed by atoms with van der Waals surface area (Å²) in [6, 6.07) is 1.23. The number of likely N-dealkylation sites (N-methyl/N-ethyl adjacent to an activating group) is 1. The van der Waals surface area contributed by atoms with E-state index in [-0.39, 0.29) is 22.6 Å². The van der Waals surface area contributed by atoms with Gasteiger partial charge in [-0.25, -0.2) is 0 Å². The van der Waals surface area contributed by atoms with Gasteiger partial charge in [-0.15, -0.1) is 0 Å². The number of aliphatic hydroxyl groups is 4. The van der Waals surface area contributed by atoms with Gasteiger partial charge >= 0.3 is 0 Å². The lowest BCUT2D eigenvalue weighted by Gasteiger charge is -2.53. The minimum absolute atomic E-state index is 0.0184. The van der Waals surface area contributed by atoms with Gasteiger partial charge in [0.1, 0.15) is 17.1 Å². The third kappa shape index (κ3) is 2.75. The summed E-state index contributed by atoms with van der Waals surface area (Å²) in [4.78, 5) is 41.3. The van der Waals surface area contributed by atoms with Gasteiger partial charge in [-0.3, -0.25) is 19.3 Å². The molecule has 0 aliphatic heterocycles. The molecule has 3 aliphatic carbocycles. The largest absolute Gasteiger partial charge is 0.507 e. The lowest BCUT2D eigenvalue weighted by molar-refractivity contribution is -0.169. The van der Waals surface area contributed by atoms with E-state index in [1.54, 1.807) is 0 Å². The summed E-state index contributed by atoms with van der Waals surface area (Å²) in [5.41, 5.74) is -1.15. The van der Waals surface area contributed by atoms with Gasteiger partial charge in [0, 0.05) is 28.0 Å². The van der Waals surface area contributed by atoms with Crippen molar-refractivity contribution >= 4 is 34.7 Å². The van der Waals surface area contributed by atoms with Crippen molar-refractivity contribution in [1.82, 2.24) is 4.90 Å². The zero-order valence-electron chi connectivity index (χ0n) is 18.0. The van der Waals surface area contributed by atoms with E-state index in [9.17, 15) is 39.9 Å². The smallest absolute Gasteiger partial charge is 0.211 e. The average molecular weight is 479 g/mol. The third-order valence-corrected chi connectivity index (χ3v) is 7.37. The highest BCUT2D eigenvalue weighted by Crippen LogP contribution is 2.57. The van der Waals surface area contributed by atoms with E-state index in [0.29, 0.717) is 0 Å². The van der Waals surface area contributed by atoms with Crippen LogP contribution in [0.3, 0.4) is 0 Å². The molecule has 0 saturated heterocycles. The topological polar surface area (TPSA) is 182 Å². The lowest BCUT2D eigenvalue weighted by Crippen LogP contribution is -2.70. The molecular formula is C22H23ClN2O8. The number of benzene rings is 1. The van der Waals surface area contributed by atoms with Crippen LogP contribution in [-0.4, -0.2) is 73.5 Å². The van der Waals surface area contributed by atoms with Crippen molar-refractivity contribution in [3.8, 4) is 5.75 Å². The molecule has 3 aliphatic rings. The average Bonchev–Trinajstić information content (AvgIpc) is 2.69. The minimum Gasteiger partial charge on any atom is -0.507 e. The molecule has 176 valence electrons. The number of phenolic OH excluding ortho intramolecular Hbond substituents is 1. The van der Waals surface area contributed by atoms with Crippen LogP contribution < -0.4 is 5.73 Å². The van der Waals surface area contributed by atoms with Gasteiger partial charge in [-0.1, -0.05) is 11.6 Å². The first-order valence-corrected chi connectivity index (χ1v) is 10.5. The molecule has 2 saturated carbocycles. The van der Waals surface area contributed by atoms with E-state index in [1.807, 2.05) is 0 Å². The van der Waals surface area contributed by atoms with Crippen LogP contribution in [-0.2, 0) is 20.0 Å². The predicted molar refractivity (Wildman–Crippen MR) is 115 cm³/mol. The number of carbonyl (C=O) groups is 3. The lowest BCUT2D eigenvalue weighted by atomic mass is 9.53. The molecule has 33 heavy (non-hydrogen) atoms. The second-order valence-corrected chi connectivity index (χ2v) is 9.49. The van der Waals surface area contributed by atoms with E-state index < -0.39 is 75.0 Å². The van der Waals surface area contributed by atoms with Crippen molar-refractivity contribution in [2.45, 2.75) is 30.6 Å². The van der Waals surface area contributed by atoms with Gasteiger partial charge in [-0.05, 0) is 39.6 Å². The Morgan fingerprint density at radius 1 is 1.15 bits per heavy atom. The molecule has 4 rings (SSSR count). The van der Waals surface area contributed by atoms with E-state index in [1.165, 1.54) is 38.1 Å². The van der Waals surface area contributed by atoms with Gasteiger partial charge in [0.15, 0.2) is 17.3 Å². The standard InChI is InChI=1S/C22H23ClN2O8/c1-21(32)7-6-8-15(25(2)3)17(28)13(20(24)31)19(30)22(8,33)18(29)11(7)16(27)12-10(26)5-4-9(23)14(12)21/h4-5,7-8,15,26-27,31-33H,6,24H2,1-3H3/b20-13-/t7-,8-,15-,21?,22?/m0/s1. The zero-order chi connectivity index (χ0) is 24.8. The Morgan fingerprint density at radius 2 is 1.76 bits per heavy atom. The summed E-state index contributed by atoms with van der Waals surface area (Å²) in [5, 5.41) is 54.2. The Balaban J connectivity index is 2.05. The molecule has 10 nitrogen and oxygen atoms in total. The highest BCUT2D eigenvalue weighted by atomic mass is 35.5. The maximum Gasteiger partial charge on any atom is 0.211 e. The van der Waals surface area contributed by atoms with Crippen LogP contribution in [0.25, 0.3) is 5.76 Å². The van der Waals surface area contributed by atoms with Crippen molar-refractivity contribution < 1.29 is 39.9 Å². The maximum absolute atomic E-state index is 13.7. The number of fused-ring (bicyclic) bond motifs is 3. The minimum atomic E-state index is -2.85. The van der Waals surface area contributed by atoms with Gasteiger partial charge in [0.2, 0.25) is 11.6 Å². The summed E-state index contributed by atoms with van der Waals surface area (Å²) in [5.74, 6) is -8.40. The normalized spacial score (nSPS) is 35.4. The number of carbonyl (C=O) groups excluding carboxylic acids is 3. The number of phenols is 1. The number of ketones is 3. The third-order valence-electron chi connectivity index (χ3n) is 7.06. The summed E-state index contributed by atoms with van der Waals surface area (Å²) >= 11 is 6.27. The number of halogens is 1. The molecule has 0 heterocycles. The van der Waals surface area contributed by atoms with Crippen LogP contribution in [0.5, 0.6) is 5.75 Å². The molecule has 7 N–H and O–H groups in total. The molecule has 2 unspecified atom stereocenters. The maximum atomic E-state index is 13.7. The number of Topliss-reactive ketones (excluding diaryl/α,β-unsaturated/α-hetero) is 3. The number of nitrogens with two attached hydrogens (primary N) is 1. The van der Waals surface area contributed by atoms with Crippen LogP contribution >= 0.6 is 11.6 Å². The molecular weight excluding hydrogens is 456 g/mol. The van der Waals surface area contributed by atoms with E-state index >= 15 is 0 Å². The second-order valence-electron chi connectivity index (χ2n) is 9.08. The van der Waals surface area contributed by atoms with E-state index in [4.69, 9.17) is 17.3 Å². The van der Waals surface area contributed by atoms with E-state index in [2.05, 4.69) is 0 Å². The van der Waals surface area contributed by atoms with E-state index in [0.717, 1.165) is 0 Å². The van der Waals surface area contributed by atoms with Crippen LogP contribution in [0, 0.1) is 11.8 Å². The number of rotatable bonds is 1. The molecule has 0 spiro atoms. The Hall–Kier alpha value is -2.92. The van der Waals surface area contributed by atoms with Crippen molar-refractivity contribution in [2.75, 3.05) is 14.1 Å². The van der Waals surface area contributed by atoms with Crippen LogP contribution in [0.1, 0.15) is 24.5 Å². The molecule has 0 bridgehead atoms. The zero-order valence-corrected chi connectivity index (χ0v) is 18.7. The van der Waals surface area contributed by atoms with Crippen molar-refractivity contribution in [3.05, 3.63) is 45.3 Å². The molecule has 2 fully saturated rings. The monoisotopic (exact) mass is 478 g/mol. The van der Waals surface area contributed by atoms with Gasteiger partial charge in [0.05, 0.1) is 17.2 Å². The number of aliphatic hydroxyl groups excluding tert-OH is 2. The Morgan fingerprint density at radius 3 is 2.30 bits per heavy atom. The summed E-state index contributed by atoms with van der Waals surface area (Å²) in [6.45, 7) is 1.33. The van der Waals surface area contributed by atoms with Crippen LogP contribution in [0.4, 0.5) is 0 Å². The number of hydrogen-bond donors (Lipinski definition) is 6. The van der Waals surface area contributed by atoms with Gasteiger partial charge in [-0.2, -0.15) is 0 Å². The highest BCUT2D eigenvalue weighted by Gasteiger charge is 2.68. The predicted octanol–water partition coefficient (Wildman–Crippen LogP) is 0.282. The number of aromatic hydroxyl groups is 1. The molecule has 1 aromatic carbocycles. The summed E-state index contributed by atoms with van der Waals surface area (Å²) in [7, 11) is 2.97. The molecule has 0 amide bonds.